The zero-order valence-corrected chi connectivity index (χ0v) is 16.9. The molecule has 0 fully saturated rings. The molecule has 2 aromatic heterocycles. The van der Waals surface area contributed by atoms with Gasteiger partial charge in [0.1, 0.15) is 5.69 Å². The van der Waals surface area contributed by atoms with Gasteiger partial charge in [-0.3, -0.25) is 4.79 Å². The number of nitrogens with zero attached hydrogens (tertiary/aromatic N) is 1. The maximum atomic E-state index is 12.4. The average Bonchev–Trinajstić information content (AvgIpc) is 3.21. The predicted molar refractivity (Wildman–Crippen MR) is 122 cm³/mol. The van der Waals surface area contributed by atoms with Crippen LogP contribution in [0.25, 0.3) is 10.9 Å². The number of benzene rings is 2. The van der Waals surface area contributed by atoms with Gasteiger partial charge >= 0.3 is 0 Å². The zero-order valence-electron chi connectivity index (χ0n) is 16.9. The number of carbonyl (C=O) groups excluding carboxylic acids is 1. The lowest BCUT2D eigenvalue weighted by atomic mass is 10.1. The number of nitrogens with one attached hydrogen (secondary N) is 3. The first kappa shape index (κ1) is 19.7. The van der Waals surface area contributed by atoms with Crippen molar-refractivity contribution < 1.29 is 4.79 Å². The van der Waals surface area contributed by atoms with Crippen molar-refractivity contribution in [1.29, 1.82) is 0 Å². The van der Waals surface area contributed by atoms with Crippen LogP contribution in [-0.4, -0.2) is 29.0 Å². The number of carbonyl (C=O) groups is 1. The summed E-state index contributed by atoms with van der Waals surface area (Å²) in [5.41, 5.74) is 5.03. The highest BCUT2D eigenvalue weighted by atomic mass is 16.1. The standard InChI is InChI=1S/C25H26N4O/c30-25(27-16-14-20-17-28-23-11-5-4-10-22(20)23)24-13-12-21(18-29-24)26-15-6-9-19-7-2-1-3-8-19/h1-5,7-8,10-13,17-18,26,28H,6,9,14-16H2,(H,27,30). The van der Waals surface area contributed by atoms with Gasteiger partial charge in [0, 0.05) is 30.2 Å². The second-order valence-electron chi connectivity index (χ2n) is 7.31. The molecule has 30 heavy (non-hydrogen) atoms. The van der Waals surface area contributed by atoms with E-state index in [9.17, 15) is 4.79 Å². The number of fused-ring (bicyclic) bond motifs is 1. The number of pyridine rings is 1. The number of aromatic nitrogens is 2. The minimum atomic E-state index is -0.148. The summed E-state index contributed by atoms with van der Waals surface area (Å²) in [5.74, 6) is -0.148. The van der Waals surface area contributed by atoms with E-state index in [-0.39, 0.29) is 5.91 Å². The van der Waals surface area contributed by atoms with Gasteiger partial charge in [0.05, 0.1) is 11.9 Å². The average molecular weight is 399 g/mol. The number of H-pyrrole nitrogens is 1. The highest BCUT2D eigenvalue weighted by Gasteiger charge is 2.08. The summed E-state index contributed by atoms with van der Waals surface area (Å²) in [6.45, 7) is 1.44. The Morgan fingerprint density at radius 2 is 1.73 bits per heavy atom. The first-order valence-electron chi connectivity index (χ1n) is 10.4. The lowest BCUT2D eigenvalue weighted by molar-refractivity contribution is 0.0949. The fraction of sp³-hybridized carbons (Fsp3) is 0.200. The molecule has 0 spiro atoms. The first-order chi connectivity index (χ1) is 14.8. The van der Waals surface area contributed by atoms with Crippen LogP contribution in [-0.2, 0) is 12.8 Å². The number of para-hydroxylation sites is 1. The molecule has 5 heteroatoms. The number of hydrogen-bond acceptors (Lipinski definition) is 3. The topological polar surface area (TPSA) is 69.8 Å². The quantitative estimate of drug-likeness (QED) is 0.362. The molecule has 1 amide bonds. The third kappa shape index (κ3) is 5.06. The van der Waals surface area contributed by atoms with Crippen molar-refractivity contribution in [1.82, 2.24) is 15.3 Å². The molecular weight excluding hydrogens is 372 g/mol. The Hall–Kier alpha value is -3.60. The van der Waals surface area contributed by atoms with E-state index in [2.05, 4.69) is 57.0 Å². The summed E-state index contributed by atoms with van der Waals surface area (Å²) in [4.78, 5) is 19.9. The Morgan fingerprint density at radius 1 is 0.900 bits per heavy atom. The van der Waals surface area contributed by atoms with Crippen LogP contribution in [0, 0.1) is 0 Å². The largest absolute Gasteiger partial charge is 0.384 e. The molecule has 0 aliphatic heterocycles. The number of aryl methyl sites for hydroxylation is 1. The minimum absolute atomic E-state index is 0.148. The Bertz CT molecular complexity index is 1090. The van der Waals surface area contributed by atoms with Crippen molar-refractivity contribution in [3.8, 4) is 0 Å². The Morgan fingerprint density at radius 3 is 2.57 bits per heavy atom. The number of hydrogen-bond donors (Lipinski definition) is 3. The molecular formula is C25H26N4O. The molecule has 152 valence electrons. The first-order valence-corrected chi connectivity index (χ1v) is 10.4. The van der Waals surface area contributed by atoms with E-state index >= 15 is 0 Å². The van der Waals surface area contributed by atoms with Crippen LogP contribution in [0.15, 0.2) is 79.1 Å². The number of amides is 1. The molecule has 0 radical (unpaired) electrons. The summed E-state index contributed by atoms with van der Waals surface area (Å²) >= 11 is 0. The second kappa shape index (κ2) is 9.74. The van der Waals surface area contributed by atoms with Crippen molar-refractivity contribution in [2.24, 2.45) is 0 Å². The van der Waals surface area contributed by atoms with Crippen molar-refractivity contribution in [3.63, 3.8) is 0 Å². The maximum absolute atomic E-state index is 12.4. The van der Waals surface area contributed by atoms with Crippen LogP contribution >= 0.6 is 0 Å². The molecule has 0 saturated carbocycles. The van der Waals surface area contributed by atoms with Gasteiger partial charge in [-0.2, -0.15) is 0 Å². The van der Waals surface area contributed by atoms with Crippen molar-refractivity contribution in [3.05, 3.63) is 95.9 Å². The third-order valence-corrected chi connectivity index (χ3v) is 5.17. The second-order valence-corrected chi connectivity index (χ2v) is 7.31. The third-order valence-electron chi connectivity index (χ3n) is 5.17. The van der Waals surface area contributed by atoms with Gasteiger partial charge in [-0.1, -0.05) is 48.5 Å². The summed E-state index contributed by atoms with van der Waals surface area (Å²) < 4.78 is 0. The summed E-state index contributed by atoms with van der Waals surface area (Å²) in [6.07, 6.45) is 6.58. The lowest BCUT2D eigenvalue weighted by Gasteiger charge is -2.08. The van der Waals surface area contributed by atoms with Crippen LogP contribution in [0.5, 0.6) is 0 Å². The van der Waals surface area contributed by atoms with Gasteiger partial charge in [0.15, 0.2) is 0 Å². The van der Waals surface area contributed by atoms with Crippen LogP contribution in [0.3, 0.4) is 0 Å². The lowest BCUT2D eigenvalue weighted by Crippen LogP contribution is -2.26. The molecule has 3 N–H and O–H groups in total. The summed E-state index contributed by atoms with van der Waals surface area (Å²) in [6, 6.07) is 22.3. The van der Waals surface area contributed by atoms with E-state index < -0.39 is 0 Å². The molecule has 4 aromatic rings. The molecule has 0 aliphatic carbocycles. The SMILES string of the molecule is O=C(NCCc1c[nH]c2ccccc12)c1ccc(NCCCc2ccccc2)cn1. The van der Waals surface area contributed by atoms with Crippen LogP contribution in [0.1, 0.15) is 28.0 Å². The Kier molecular flexibility index (Phi) is 6.40. The fourth-order valence-electron chi connectivity index (χ4n) is 3.54. The summed E-state index contributed by atoms with van der Waals surface area (Å²) in [7, 11) is 0. The number of anilines is 1. The van der Waals surface area contributed by atoms with Gasteiger partial charge in [-0.15, -0.1) is 0 Å². The van der Waals surface area contributed by atoms with Gasteiger partial charge in [-0.25, -0.2) is 4.98 Å². The van der Waals surface area contributed by atoms with Crippen molar-refractivity contribution in [2.75, 3.05) is 18.4 Å². The smallest absolute Gasteiger partial charge is 0.269 e. The van der Waals surface area contributed by atoms with Crippen LogP contribution < -0.4 is 10.6 Å². The molecule has 0 saturated heterocycles. The van der Waals surface area contributed by atoms with E-state index in [1.807, 2.05) is 30.5 Å². The molecule has 4 rings (SSSR count). The molecule has 5 nitrogen and oxygen atoms in total. The van der Waals surface area contributed by atoms with Crippen LogP contribution in [0.2, 0.25) is 0 Å². The van der Waals surface area contributed by atoms with Gasteiger partial charge in [-0.05, 0) is 48.6 Å². The molecule has 2 heterocycles. The minimum Gasteiger partial charge on any atom is -0.384 e. The van der Waals surface area contributed by atoms with E-state index in [0.717, 1.165) is 37.0 Å². The number of aromatic amines is 1. The normalized spacial score (nSPS) is 10.8. The zero-order chi connectivity index (χ0) is 20.6. The van der Waals surface area contributed by atoms with E-state index in [4.69, 9.17) is 0 Å². The highest BCUT2D eigenvalue weighted by Crippen LogP contribution is 2.17. The van der Waals surface area contributed by atoms with Gasteiger partial charge < -0.3 is 15.6 Å². The van der Waals surface area contributed by atoms with Gasteiger partial charge in [0.25, 0.3) is 5.91 Å². The molecule has 2 aromatic carbocycles. The summed E-state index contributed by atoms with van der Waals surface area (Å²) in [5, 5.41) is 7.52. The highest BCUT2D eigenvalue weighted by molar-refractivity contribution is 5.92. The molecule has 0 unspecified atom stereocenters. The number of rotatable bonds is 9. The van der Waals surface area contributed by atoms with E-state index in [1.54, 1.807) is 12.3 Å². The Balaban J connectivity index is 1.21. The monoisotopic (exact) mass is 398 g/mol. The molecule has 0 aliphatic rings. The van der Waals surface area contributed by atoms with Gasteiger partial charge in [0.2, 0.25) is 0 Å². The van der Waals surface area contributed by atoms with Crippen molar-refractivity contribution in [2.45, 2.75) is 19.3 Å². The fourth-order valence-corrected chi connectivity index (χ4v) is 3.54. The van der Waals surface area contributed by atoms with Crippen LogP contribution in [0.4, 0.5) is 5.69 Å². The molecule has 0 bridgehead atoms. The van der Waals surface area contributed by atoms with E-state index in [0.29, 0.717) is 12.2 Å². The Labute approximate surface area is 176 Å². The molecule has 0 atom stereocenters. The predicted octanol–water partition coefficient (Wildman–Crippen LogP) is 4.58. The maximum Gasteiger partial charge on any atom is 0.269 e. The van der Waals surface area contributed by atoms with Crippen molar-refractivity contribution >= 4 is 22.5 Å². The van der Waals surface area contributed by atoms with E-state index in [1.165, 1.54) is 16.5 Å².